The Kier molecular flexibility index (Phi) is 1.30. The SMILES string of the molecule is C[C@@H]1CCC1NN. The van der Waals surface area contributed by atoms with Gasteiger partial charge in [-0.15, -0.1) is 0 Å². The largest absolute Gasteiger partial charge is 0.271 e. The molecule has 0 aromatic heterocycles. The summed E-state index contributed by atoms with van der Waals surface area (Å²) in [6.07, 6.45) is 2.60. The van der Waals surface area contributed by atoms with Crippen LogP contribution in [0.2, 0.25) is 0 Å². The number of hydrogen-bond acceptors (Lipinski definition) is 2. The Balaban J connectivity index is 2.16. The van der Waals surface area contributed by atoms with E-state index < -0.39 is 0 Å². The lowest BCUT2D eigenvalue weighted by molar-refractivity contribution is 0.232. The zero-order valence-electron chi connectivity index (χ0n) is 4.65. The van der Waals surface area contributed by atoms with Crippen LogP contribution in [0.15, 0.2) is 0 Å². The maximum absolute atomic E-state index is 5.17. The second kappa shape index (κ2) is 1.80. The van der Waals surface area contributed by atoms with Crippen LogP contribution in [0, 0.1) is 5.92 Å². The van der Waals surface area contributed by atoms with Crippen molar-refractivity contribution in [1.29, 1.82) is 0 Å². The molecule has 2 nitrogen and oxygen atoms in total. The molecule has 2 heteroatoms. The first kappa shape index (κ1) is 5.06. The third-order valence-corrected chi connectivity index (χ3v) is 1.83. The molecule has 1 aliphatic carbocycles. The summed E-state index contributed by atoms with van der Waals surface area (Å²) in [4.78, 5) is 0. The second-order valence-electron chi connectivity index (χ2n) is 2.33. The molecule has 1 unspecified atom stereocenters. The molecule has 1 fully saturated rings. The number of hydrogen-bond donors (Lipinski definition) is 2. The molecule has 0 aromatic carbocycles. The number of hydrazine groups is 1. The molecule has 0 aromatic rings. The van der Waals surface area contributed by atoms with Crippen LogP contribution in [0.3, 0.4) is 0 Å². The Labute approximate surface area is 44.1 Å². The zero-order chi connectivity index (χ0) is 5.28. The molecule has 3 N–H and O–H groups in total. The highest BCUT2D eigenvalue weighted by atomic mass is 15.2. The van der Waals surface area contributed by atoms with Crippen molar-refractivity contribution in [2.24, 2.45) is 11.8 Å². The number of rotatable bonds is 1. The Morgan fingerprint density at radius 3 is 2.29 bits per heavy atom. The lowest BCUT2D eigenvalue weighted by atomic mass is 9.82. The van der Waals surface area contributed by atoms with E-state index in [1.54, 1.807) is 0 Å². The molecule has 0 spiro atoms. The van der Waals surface area contributed by atoms with Crippen molar-refractivity contribution in [1.82, 2.24) is 5.43 Å². The van der Waals surface area contributed by atoms with Crippen molar-refractivity contribution >= 4 is 0 Å². The molecule has 0 radical (unpaired) electrons. The minimum Gasteiger partial charge on any atom is -0.271 e. The van der Waals surface area contributed by atoms with E-state index in [1.807, 2.05) is 0 Å². The van der Waals surface area contributed by atoms with Crippen LogP contribution in [0.5, 0.6) is 0 Å². The number of nitrogens with one attached hydrogen (secondary N) is 1. The van der Waals surface area contributed by atoms with E-state index in [4.69, 9.17) is 5.84 Å². The Hall–Kier alpha value is -0.0800. The van der Waals surface area contributed by atoms with Gasteiger partial charge in [0.05, 0.1) is 0 Å². The van der Waals surface area contributed by atoms with Gasteiger partial charge in [-0.05, 0) is 18.8 Å². The van der Waals surface area contributed by atoms with E-state index in [0.717, 1.165) is 5.92 Å². The minimum absolute atomic E-state index is 0.611. The molecule has 2 atom stereocenters. The third kappa shape index (κ3) is 0.763. The normalized spacial score (nSPS) is 40.3. The van der Waals surface area contributed by atoms with Gasteiger partial charge in [0.1, 0.15) is 0 Å². The molecule has 0 amide bonds. The fraction of sp³-hybridized carbons (Fsp3) is 1.00. The van der Waals surface area contributed by atoms with Crippen LogP contribution in [0.4, 0.5) is 0 Å². The van der Waals surface area contributed by atoms with Crippen LogP contribution in [-0.2, 0) is 0 Å². The van der Waals surface area contributed by atoms with Crippen LogP contribution < -0.4 is 11.3 Å². The summed E-state index contributed by atoms with van der Waals surface area (Å²) in [5.41, 5.74) is 2.75. The van der Waals surface area contributed by atoms with Gasteiger partial charge in [-0.2, -0.15) is 0 Å². The molecule has 0 heterocycles. The first-order valence-corrected chi connectivity index (χ1v) is 2.80. The fourth-order valence-corrected chi connectivity index (χ4v) is 0.914. The van der Waals surface area contributed by atoms with Crippen LogP contribution in [0.1, 0.15) is 19.8 Å². The Morgan fingerprint density at radius 2 is 2.29 bits per heavy atom. The maximum atomic E-state index is 5.17. The summed E-state index contributed by atoms with van der Waals surface area (Å²) >= 11 is 0. The molecule has 1 aliphatic rings. The third-order valence-electron chi connectivity index (χ3n) is 1.83. The highest BCUT2D eigenvalue weighted by molar-refractivity contribution is 4.81. The van der Waals surface area contributed by atoms with Gasteiger partial charge >= 0.3 is 0 Å². The lowest BCUT2D eigenvalue weighted by Crippen LogP contribution is -2.46. The van der Waals surface area contributed by atoms with Gasteiger partial charge < -0.3 is 0 Å². The highest BCUT2D eigenvalue weighted by Gasteiger charge is 2.24. The van der Waals surface area contributed by atoms with Gasteiger partial charge in [0.2, 0.25) is 0 Å². The summed E-state index contributed by atoms with van der Waals surface area (Å²) in [7, 11) is 0. The van der Waals surface area contributed by atoms with E-state index in [1.165, 1.54) is 12.8 Å². The van der Waals surface area contributed by atoms with Crippen molar-refractivity contribution in [3.63, 3.8) is 0 Å². The fourth-order valence-electron chi connectivity index (χ4n) is 0.914. The van der Waals surface area contributed by atoms with Gasteiger partial charge in [-0.1, -0.05) is 6.92 Å². The molecule has 0 aliphatic heterocycles. The highest BCUT2D eigenvalue weighted by Crippen LogP contribution is 2.25. The molecule has 0 saturated heterocycles. The summed E-state index contributed by atoms with van der Waals surface area (Å²) in [6, 6.07) is 0.611. The van der Waals surface area contributed by atoms with E-state index in [-0.39, 0.29) is 0 Å². The Morgan fingerprint density at radius 1 is 1.57 bits per heavy atom. The lowest BCUT2D eigenvalue weighted by Gasteiger charge is -2.32. The first-order valence-electron chi connectivity index (χ1n) is 2.80. The molecular formula is C5H12N2. The monoisotopic (exact) mass is 100 g/mol. The molecule has 1 rings (SSSR count). The van der Waals surface area contributed by atoms with Crippen molar-refractivity contribution in [2.75, 3.05) is 0 Å². The van der Waals surface area contributed by atoms with Gasteiger partial charge in [0.15, 0.2) is 0 Å². The van der Waals surface area contributed by atoms with E-state index in [0.29, 0.717) is 6.04 Å². The zero-order valence-corrected chi connectivity index (χ0v) is 4.65. The summed E-state index contributed by atoms with van der Waals surface area (Å²) in [6.45, 7) is 2.22. The van der Waals surface area contributed by atoms with Gasteiger partial charge in [0.25, 0.3) is 0 Å². The van der Waals surface area contributed by atoms with Crippen molar-refractivity contribution in [3.05, 3.63) is 0 Å². The predicted molar refractivity (Wildman–Crippen MR) is 29.5 cm³/mol. The molecule has 7 heavy (non-hydrogen) atoms. The standard InChI is InChI=1S/C5H12N2/c1-4-2-3-5(4)7-6/h4-5,7H,2-3,6H2,1H3/t4-,5?/m1/s1. The molecular weight excluding hydrogens is 88.1 g/mol. The van der Waals surface area contributed by atoms with Gasteiger partial charge in [-0.25, -0.2) is 0 Å². The Bertz CT molecular complexity index is 61.1. The average molecular weight is 100 g/mol. The molecule has 1 saturated carbocycles. The van der Waals surface area contributed by atoms with E-state index in [2.05, 4.69) is 12.3 Å². The molecule has 42 valence electrons. The maximum Gasteiger partial charge on any atom is 0.0236 e. The van der Waals surface area contributed by atoms with Crippen molar-refractivity contribution in [3.8, 4) is 0 Å². The van der Waals surface area contributed by atoms with E-state index >= 15 is 0 Å². The smallest absolute Gasteiger partial charge is 0.0236 e. The second-order valence-corrected chi connectivity index (χ2v) is 2.33. The quantitative estimate of drug-likeness (QED) is 0.366. The number of nitrogens with two attached hydrogens (primary N) is 1. The summed E-state index contributed by atoms with van der Waals surface area (Å²) in [5, 5.41) is 0. The summed E-state index contributed by atoms with van der Waals surface area (Å²) in [5.74, 6) is 5.98. The first-order chi connectivity index (χ1) is 3.34. The van der Waals surface area contributed by atoms with Gasteiger partial charge in [-0.3, -0.25) is 11.3 Å². The predicted octanol–water partition coefficient (Wildman–Crippen LogP) is 0.248. The van der Waals surface area contributed by atoms with E-state index in [9.17, 15) is 0 Å². The van der Waals surface area contributed by atoms with Crippen molar-refractivity contribution < 1.29 is 0 Å². The van der Waals surface area contributed by atoms with Crippen LogP contribution in [0.25, 0.3) is 0 Å². The topological polar surface area (TPSA) is 38.0 Å². The molecule has 0 bridgehead atoms. The average Bonchev–Trinajstić information content (AvgIpc) is 1.65. The van der Waals surface area contributed by atoms with Crippen LogP contribution in [-0.4, -0.2) is 6.04 Å². The summed E-state index contributed by atoms with van der Waals surface area (Å²) < 4.78 is 0. The van der Waals surface area contributed by atoms with Gasteiger partial charge in [0, 0.05) is 6.04 Å². The van der Waals surface area contributed by atoms with Crippen molar-refractivity contribution in [2.45, 2.75) is 25.8 Å². The minimum atomic E-state index is 0.611. The van der Waals surface area contributed by atoms with Crippen LogP contribution >= 0.6 is 0 Å².